The van der Waals surface area contributed by atoms with Gasteiger partial charge < -0.3 is 25.2 Å². The Bertz CT molecular complexity index is 1350. The third-order valence-electron chi connectivity index (χ3n) is 8.33. The molecule has 0 rings (SSSR count). The molecule has 11 nitrogen and oxygen atoms in total. The maximum Gasteiger partial charge on any atom is 0.472 e. The van der Waals surface area contributed by atoms with Crippen molar-refractivity contribution in [3.05, 3.63) is 97.2 Å². The van der Waals surface area contributed by atoms with E-state index in [2.05, 4.69) is 103 Å². The lowest BCUT2D eigenvalue weighted by Gasteiger charge is -2.20. The zero-order valence-corrected chi connectivity index (χ0v) is 36.2. The molecule has 0 saturated heterocycles. The number of hydrogen-bond donors (Lipinski definition) is 3. The number of rotatable bonds is 38. The monoisotopic (exact) mass is 832 g/mol. The van der Waals surface area contributed by atoms with Crippen LogP contribution in [0, 0.1) is 0 Å². The molecular weight excluding hydrogens is 757 g/mol. The van der Waals surface area contributed by atoms with Crippen LogP contribution in [0.25, 0.3) is 0 Å². The second-order valence-corrected chi connectivity index (χ2v) is 15.2. The molecule has 0 fully saturated rings. The number of allylic oxidation sites excluding steroid dienone is 16. The summed E-state index contributed by atoms with van der Waals surface area (Å²) in [5, 5.41) is 8.88. The van der Waals surface area contributed by atoms with Crippen molar-refractivity contribution < 1.29 is 47.5 Å². The van der Waals surface area contributed by atoms with Gasteiger partial charge in [0.05, 0.1) is 13.2 Å². The van der Waals surface area contributed by atoms with Crippen LogP contribution in [-0.2, 0) is 37.5 Å². The number of carbonyl (C=O) groups excluding carboxylic acids is 2. The van der Waals surface area contributed by atoms with Crippen molar-refractivity contribution in [3.8, 4) is 0 Å². The highest BCUT2D eigenvalue weighted by Crippen LogP contribution is 2.43. The first-order valence-electron chi connectivity index (χ1n) is 21.3. The van der Waals surface area contributed by atoms with Gasteiger partial charge in [0.1, 0.15) is 12.6 Å². The fourth-order valence-corrected chi connectivity index (χ4v) is 5.78. The summed E-state index contributed by atoms with van der Waals surface area (Å²) in [6, 6.07) is -1.54. The van der Waals surface area contributed by atoms with Gasteiger partial charge in [-0.05, 0) is 83.5 Å². The summed E-state index contributed by atoms with van der Waals surface area (Å²) in [6.45, 7) is 2.55. The molecule has 0 aliphatic heterocycles. The van der Waals surface area contributed by atoms with Crippen LogP contribution in [0.5, 0.6) is 0 Å². The Morgan fingerprint density at radius 2 is 1.00 bits per heavy atom. The van der Waals surface area contributed by atoms with E-state index in [0.29, 0.717) is 12.8 Å². The highest BCUT2D eigenvalue weighted by molar-refractivity contribution is 7.47. The zero-order chi connectivity index (χ0) is 42.8. The quantitative estimate of drug-likeness (QED) is 0.0234. The van der Waals surface area contributed by atoms with E-state index in [0.717, 1.165) is 83.5 Å². The number of phosphoric acid groups is 1. The third-order valence-corrected chi connectivity index (χ3v) is 9.28. The number of carbonyl (C=O) groups is 3. The number of hydrogen-bond acceptors (Lipinski definition) is 9. The SMILES string of the molecule is CC/C=C\C/C=C\C/C=C\C/C=C\C/C=C\C/C=C\CCC(=O)OC[C@H](COP(=O)(O)OC[C@H](N)C(=O)O)OC(=O)CCCCCCC/C=C\C/C=C\CCCCC. The lowest BCUT2D eigenvalue weighted by Crippen LogP contribution is -2.34. The Morgan fingerprint density at radius 1 is 0.552 bits per heavy atom. The summed E-state index contributed by atoms with van der Waals surface area (Å²) in [5.41, 5.74) is 5.32. The number of unbranched alkanes of at least 4 members (excludes halogenated alkanes) is 8. The number of esters is 2. The molecule has 0 heterocycles. The molecule has 1 unspecified atom stereocenters. The molecule has 0 radical (unpaired) electrons. The summed E-state index contributed by atoms with van der Waals surface area (Å²) >= 11 is 0. The van der Waals surface area contributed by atoms with E-state index in [1.54, 1.807) is 0 Å². The molecule has 328 valence electrons. The van der Waals surface area contributed by atoms with Crippen molar-refractivity contribution in [2.45, 2.75) is 154 Å². The van der Waals surface area contributed by atoms with Gasteiger partial charge in [0.15, 0.2) is 6.10 Å². The van der Waals surface area contributed by atoms with E-state index in [1.807, 2.05) is 12.2 Å². The third kappa shape index (κ3) is 39.2. The molecule has 58 heavy (non-hydrogen) atoms. The molecule has 0 saturated carbocycles. The van der Waals surface area contributed by atoms with E-state index in [4.69, 9.17) is 24.8 Å². The number of carboxylic acid groups (broad SMARTS) is 1. The molecule has 0 aromatic carbocycles. The Balaban J connectivity index is 4.54. The van der Waals surface area contributed by atoms with Gasteiger partial charge in [-0.2, -0.15) is 0 Å². The van der Waals surface area contributed by atoms with Crippen LogP contribution in [0.4, 0.5) is 0 Å². The van der Waals surface area contributed by atoms with Gasteiger partial charge >= 0.3 is 25.7 Å². The Kier molecular flexibility index (Phi) is 37.7. The maximum absolute atomic E-state index is 12.6. The van der Waals surface area contributed by atoms with E-state index in [-0.39, 0.29) is 12.8 Å². The van der Waals surface area contributed by atoms with E-state index >= 15 is 0 Å². The van der Waals surface area contributed by atoms with Gasteiger partial charge in [0.25, 0.3) is 0 Å². The largest absolute Gasteiger partial charge is 0.480 e. The predicted molar refractivity (Wildman–Crippen MR) is 235 cm³/mol. The smallest absolute Gasteiger partial charge is 0.472 e. The molecule has 0 aliphatic carbocycles. The molecule has 0 amide bonds. The first-order chi connectivity index (χ1) is 28.1. The molecule has 4 N–H and O–H groups in total. The Labute approximate surface area is 349 Å². The highest BCUT2D eigenvalue weighted by atomic mass is 31.2. The van der Waals surface area contributed by atoms with Crippen molar-refractivity contribution in [3.63, 3.8) is 0 Å². The second-order valence-electron chi connectivity index (χ2n) is 13.7. The van der Waals surface area contributed by atoms with Crippen LogP contribution in [0.15, 0.2) is 97.2 Å². The van der Waals surface area contributed by atoms with Crippen LogP contribution in [-0.4, -0.2) is 59.9 Å². The Hall–Kier alpha value is -3.60. The van der Waals surface area contributed by atoms with Crippen molar-refractivity contribution in [2.24, 2.45) is 5.73 Å². The number of aliphatic carboxylic acids is 1. The molecule has 0 bridgehead atoms. The van der Waals surface area contributed by atoms with Crippen LogP contribution in [0.3, 0.4) is 0 Å². The summed E-state index contributed by atoms with van der Waals surface area (Å²) in [5.74, 6) is -2.52. The predicted octanol–water partition coefficient (Wildman–Crippen LogP) is 11.3. The fraction of sp³-hybridized carbons (Fsp3) is 0.587. The summed E-state index contributed by atoms with van der Waals surface area (Å²) in [4.78, 5) is 45.9. The van der Waals surface area contributed by atoms with Gasteiger partial charge in [-0.1, -0.05) is 143 Å². The number of phosphoric ester groups is 1. The first-order valence-corrected chi connectivity index (χ1v) is 22.8. The lowest BCUT2D eigenvalue weighted by molar-refractivity contribution is -0.161. The Morgan fingerprint density at radius 3 is 1.52 bits per heavy atom. The maximum atomic E-state index is 12.6. The topological polar surface area (TPSA) is 172 Å². The van der Waals surface area contributed by atoms with Gasteiger partial charge in [-0.15, -0.1) is 0 Å². The minimum absolute atomic E-state index is 0.0876. The average Bonchev–Trinajstić information content (AvgIpc) is 3.20. The van der Waals surface area contributed by atoms with Crippen LogP contribution >= 0.6 is 7.82 Å². The lowest BCUT2D eigenvalue weighted by atomic mass is 10.1. The van der Waals surface area contributed by atoms with Crippen molar-refractivity contribution in [2.75, 3.05) is 19.8 Å². The van der Waals surface area contributed by atoms with Gasteiger partial charge in [-0.3, -0.25) is 23.4 Å². The van der Waals surface area contributed by atoms with Crippen molar-refractivity contribution in [1.29, 1.82) is 0 Å². The minimum Gasteiger partial charge on any atom is -0.480 e. The highest BCUT2D eigenvalue weighted by Gasteiger charge is 2.28. The van der Waals surface area contributed by atoms with E-state index in [9.17, 15) is 23.8 Å². The zero-order valence-electron chi connectivity index (χ0n) is 35.3. The van der Waals surface area contributed by atoms with Crippen LogP contribution < -0.4 is 5.73 Å². The average molecular weight is 832 g/mol. The van der Waals surface area contributed by atoms with Gasteiger partial charge in [-0.25, -0.2) is 4.57 Å². The molecule has 0 aromatic rings. The molecule has 3 atom stereocenters. The molecule has 0 aromatic heterocycles. The molecule has 0 spiro atoms. The second kappa shape index (κ2) is 40.2. The van der Waals surface area contributed by atoms with E-state index in [1.165, 1.54) is 19.3 Å². The fourth-order valence-electron chi connectivity index (χ4n) is 5.00. The van der Waals surface area contributed by atoms with E-state index < -0.39 is 57.7 Å². The van der Waals surface area contributed by atoms with Crippen LogP contribution in [0.2, 0.25) is 0 Å². The number of ether oxygens (including phenoxy) is 2. The molecular formula is C46H74NO10P. The normalized spacial score (nSPS) is 14.7. The standard InChI is InChI=1S/C46H74NO10P/c1-3-5-7-9-11-13-15-17-19-20-21-22-24-25-27-29-31-33-35-37-44(48)54-39-42(40-55-58(52,53)56-41-43(47)46(50)51)57-45(49)38-36-34-32-30-28-26-23-18-16-14-12-10-8-6-4-2/h5,7,11-14,17-19,21-23,25,27,31,33,42-43H,3-4,6,8-10,15-16,20,24,26,28-30,32,34-41,47H2,1-2H3,(H,50,51)(H,52,53)/b7-5-,13-11-,14-12-,19-17-,22-21-,23-18-,27-25-,33-31-/t42-,43+/m1/s1. The first kappa shape index (κ1) is 54.4. The summed E-state index contributed by atoms with van der Waals surface area (Å²) in [7, 11) is -4.74. The molecule has 12 heteroatoms. The summed E-state index contributed by atoms with van der Waals surface area (Å²) in [6.07, 6.45) is 50.6. The number of carboxylic acids is 1. The van der Waals surface area contributed by atoms with Crippen LogP contribution in [0.1, 0.15) is 142 Å². The number of nitrogens with two attached hydrogens (primary N) is 1. The minimum atomic E-state index is -4.74. The molecule has 0 aliphatic rings. The van der Waals surface area contributed by atoms with Crippen molar-refractivity contribution in [1.82, 2.24) is 0 Å². The van der Waals surface area contributed by atoms with Gasteiger partial charge in [0, 0.05) is 12.8 Å². The van der Waals surface area contributed by atoms with Gasteiger partial charge in [0.2, 0.25) is 0 Å². The van der Waals surface area contributed by atoms with Crippen molar-refractivity contribution >= 4 is 25.7 Å². The summed E-state index contributed by atoms with van der Waals surface area (Å²) < 4.78 is 32.6.